The molecule has 0 aliphatic carbocycles. The number of nitrogens with zero attached hydrogens (tertiary/aromatic N) is 4. The lowest BCUT2D eigenvalue weighted by atomic mass is 10.2. The predicted octanol–water partition coefficient (Wildman–Crippen LogP) is 2.08. The Kier molecular flexibility index (Phi) is 4.23. The van der Waals surface area contributed by atoms with Gasteiger partial charge in [0.25, 0.3) is 0 Å². The molecule has 20 heavy (non-hydrogen) atoms. The zero-order chi connectivity index (χ0) is 13.8. The lowest BCUT2D eigenvalue weighted by Crippen LogP contribution is -2.50. The summed E-state index contributed by atoms with van der Waals surface area (Å²) in [5.41, 5.74) is 2.44. The fraction of sp³-hybridized carbons (Fsp3) is 0.400. The van der Waals surface area contributed by atoms with E-state index in [0.717, 1.165) is 38.4 Å². The fourth-order valence-corrected chi connectivity index (χ4v) is 2.81. The minimum atomic E-state index is 0.504. The van der Waals surface area contributed by atoms with Crippen molar-refractivity contribution in [2.45, 2.75) is 12.4 Å². The van der Waals surface area contributed by atoms with Gasteiger partial charge in [0, 0.05) is 32.7 Å². The van der Waals surface area contributed by atoms with Crippen molar-refractivity contribution in [3.05, 3.63) is 54.1 Å². The molecule has 0 unspecified atom stereocenters. The van der Waals surface area contributed by atoms with Crippen LogP contribution in [0.1, 0.15) is 11.3 Å². The molecule has 1 fully saturated rings. The van der Waals surface area contributed by atoms with Crippen molar-refractivity contribution in [1.29, 1.82) is 0 Å². The van der Waals surface area contributed by atoms with Crippen molar-refractivity contribution in [2.24, 2.45) is 0 Å². The van der Waals surface area contributed by atoms with Crippen LogP contribution in [0.2, 0.25) is 0 Å². The summed E-state index contributed by atoms with van der Waals surface area (Å²) < 4.78 is 2.09. The first-order valence-electron chi connectivity index (χ1n) is 6.95. The summed E-state index contributed by atoms with van der Waals surface area (Å²) in [6, 6.07) is 10.6. The zero-order valence-corrected chi connectivity index (χ0v) is 12.2. The number of imidazole rings is 1. The molecule has 0 N–H and O–H groups in total. The van der Waals surface area contributed by atoms with Crippen LogP contribution in [0.5, 0.6) is 0 Å². The normalized spacial score (nSPS) is 16.6. The molecule has 1 aliphatic heterocycles. The highest BCUT2D eigenvalue weighted by Gasteiger charge is 2.18. The Morgan fingerprint density at radius 1 is 1.05 bits per heavy atom. The van der Waals surface area contributed by atoms with Gasteiger partial charge in [-0.15, -0.1) is 11.6 Å². The lowest BCUT2D eigenvalue weighted by molar-refractivity contribution is 0.231. The molecule has 0 radical (unpaired) electrons. The Hall–Kier alpha value is -1.52. The number of hydrogen-bond acceptors (Lipinski definition) is 3. The van der Waals surface area contributed by atoms with Gasteiger partial charge in [-0.05, 0) is 5.56 Å². The number of piperazine rings is 1. The average Bonchev–Trinajstić information content (AvgIpc) is 2.98. The van der Waals surface area contributed by atoms with Crippen LogP contribution in [-0.2, 0) is 12.4 Å². The van der Waals surface area contributed by atoms with Crippen LogP contribution in [0.3, 0.4) is 0 Å². The second-order valence-electron chi connectivity index (χ2n) is 5.08. The first-order valence-corrected chi connectivity index (χ1v) is 7.49. The first-order chi connectivity index (χ1) is 9.86. The smallest absolute Gasteiger partial charge is 0.114 e. The largest absolute Gasteiger partial charge is 0.309 e. The molecule has 3 rings (SSSR count). The highest BCUT2D eigenvalue weighted by molar-refractivity contribution is 6.16. The van der Waals surface area contributed by atoms with Gasteiger partial charge in [0.1, 0.15) is 6.33 Å². The number of rotatable bonds is 4. The third kappa shape index (κ3) is 2.97. The van der Waals surface area contributed by atoms with Gasteiger partial charge < -0.3 is 5.01 Å². The Morgan fingerprint density at radius 2 is 1.80 bits per heavy atom. The molecule has 2 aromatic rings. The van der Waals surface area contributed by atoms with Crippen LogP contribution in [-0.4, -0.2) is 40.7 Å². The van der Waals surface area contributed by atoms with Crippen molar-refractivity contribution in [1.82, 2.24) is 14.6 Å². The van der Waals surface area contributed by atoms with E-state index in [2.05, 4.69) is 49.9 Å². The fourth-order valence-electron chi connectivity index (χ4n) is 2.62. The third-order valence-corrected chi connectivity index (χ3v) is 4.01. The molecule has 0 atom stereocenters. The summed E-state index contributed by atoms with van der Waals surface area (Å²) in [5, 5.41) is 2.31. The van der Waals surface area contributed by atoms with E-state index in [4.69, 9.17) is 11.6 Å². The van der Waals surface area contributed by atoms with Crippen molar-refractivity contribution in [3.63, 3.8) is 0 Å². The standard InChI is InChI=1S/C15H19ClN4/c16-10-15-11-17-13-20(15)19-8-6-18(7-9-19)12-14-4-2-1-3-5-14/h1-5,11,13H,6-10,12H2. The van der Waals surface area contributed by atoms with Gasteiger partial charge in [0.05, 0.1) is 17.8 Å². The van der Waals surface area contributed by atoms with Crippen LogP contribution in [0, 0.1) is 0 Å². The van der Waals surface area contributed by atoms with Gasteiger partial charge >= 0.3 is 0 Å². The Labute approximate surface area is 124 Å². The highest BCUT2D eigenvalue weighted by Crippen LogP contribution is 2.10. The van der Waals surface area contributed by atoms with E-state index in [0.29, 0.717) is 5.88 Å². The van der Waals surface area contributed by atoms with Gasteiger partial charge in [0.2, 0.25) is 0 Å². The summed E-state index contributed by atoms with van der Waals surface area (Å²) in [6.07, 6.45) is 3.69. The molecule has 1 saturated heterocycles. The molecule has 1 aromatic heterocycles. The van der Waals surface area contributed by atoms with Crippen molar-refractivity contribution < 1.29 is 0 Å². The second-order valence-corrected chi connectivity index (χ2v) is 5.35. The number of hydrogen-bond donors (Lipinski definition) is 0. The van der Waals surface area contributed by atoms with E-state index in [1.807, 2.05) is 12.5 Å². The maximum Gasteiger partial charge on any atom is 0.114 e. The molecule has 0 spiro atoms. The summed E-state index contributed by atoms with van der Waals surface area (Å²) in [7, 11) is 0. The predicted molar refractivity (Wildman–Crippen MR) is 81.5 cm³/mol. The molecular weight excluding hydrogens is 272 g/mol. The summed E-state index contributed by atoms with van der Waals surface area (Å²) in [5.74, 6) is 0.504. The van der Waals surface area contributed by atoms with Gasteiger partial charge in [-0.1, -0.05) is 30.3 Å². The Bertz CT molecular complexity index is 532. The number of benzene rings is 1. The van der Waals surface area contributed by atoms with Crippen LogP contribution >= 0.6 is 11.6 Å². The van der Waals surface area contributed by atoms with Crippen molar-refractivity contribution >= 4 is 11.6 Å². The second kappa shape index (κ2) is 6.29. The van der Waals surface area contributed by atoms with Gasteiger partial charge in [-0.25, -0.2) is 9.66 Å². The molecule has 106 valence electrons. The van der Waals surface area contributed by atoms with Crippen LogP contribution in [0.15, 0.2) is 42.9 Å². The quantitative estimate of drug-likeness (QED) is 0.806. The molecule has 4 nitrogen and oxygen atoms in total. The van der Waals surface area contributed by atoms with Crippen LogP contribution in [0.4, 0.5) is 0 Å². The van der Waals surface area contributed by atoms with E-state index >= 15 is 0 Å². The molecule has 2 heterocycles. The molecule has 1 aromatic carbocycles. The highest BCUT2D eigenvalue weighted by atomic mass is 35.5. The molecule has 0 saturated carbocycles. The third-order valence-electron chi connectivity index (χ3n) is 3.73. The number of alkyl halides is 1. The van der Waals surface area contributed by atoms with Gasteiger partial charge in [-0.3, -0.25) is 4.90 Å². The van der Waals surface area contributed by atoms with E-state index in [1.54, 1.807) is 0 Å². The summed E-state index contributed by atoms with van der Waals surface area (Å²) >= 11 is 5.93. The lowest BCUT2D eigenvalue weighted by Gasteiger charge is -2.37. The minimum absolute atomic E-state index is 0.504. The maximum atomic E-state index is 5.93. The average molecular weight is 291 g/mol. The van der Waals surface area contributed by atoms with E-state index < -0.39 is 0 Å². The molecular formula is C15H19ClN4. The molecule has 5 heteroatoms. The van der Waals surface area contributed by atoms with Gasteiger partial charge in [0.15, 0.2) is 0 Å². The number of halogens is 1. The Balaban J connectivity index is 1.57. The van der Waals surface area contributed by atoms with Crippen LogP contribution in [0.25, 0.3) is 0 Å². The topological polar surface area (TPSA) is 24.3 Å². The SMILES string of the molecule is ClCc1cncn1N1CCN(Cc2ccccc2)CC1. The molecule has 0 bridgehead atoms. The monoisotopic (exact) mass is 290 g/mol. The first kappa shape index (κ1) is 13.5. The minimum Gasteiger partial charge on any atom is -0.309 e. The van der Waals surface area contributed by atoms with Crippen LogP contribution < -0.4 is 5.01 Å². The van der Waals surface area contributed by atoms with E-state index in [1.165, 1.54) is 5.56 Å². The van der Waals surface area contributed by atoms with Gasteiger partial charge in [-0.2, -0.15) is 0 Å². The summed E-state index contributed by atoms with van der Waals surface area (Å²) in [6.45, 7) is 5.17. The number of aromatic nitrogens is 2. The van der Waals surface area contributed by atoms with Crippen molar-refractivity contribution in [2.75, 3.05) is 31.2 Å². The summed E-state index contributed by atoms with van der Waals surface area (Å²) in [4.78, 5) is 6.67. The zero-order valence-electron chi connectivity index (χ0n) is 11.5. The molecule has 0 amide bonds. The van der Waals surface area contributed by atoms with E-state index in [9.17, 15) is 0 Å². The van der Waals surface area contributed by atoms with E-state index in [-0.39, 0.29) is 0 Å². The maximum absolute atomic E-state index is 5.93. The Morgan fingerprint density at radius 3 is 2.50 bits per heavy atom. The molecule has 1 aliphatic rings. The van der Waals surface area contributed by atoms with Crippen molar-refractivity contribution in [3.8, 4) is 0 Å².